The number of benzene rings is 2. The number of nitrogens with zero attached hydrogens (tertiary/aromatic N) is 3. The van der Waals surface area contributed by atoms with Crippen molar-refractivity contribution in [2.45, 2.75) is 20.5 Å². The largest absolute Gasteiger partial charge is 0.492 e. The van der Waals surface area contributed by atoms with Gasteiger partial charge in [0, 0.05) is 12.1 Å². The number of hydrogen-bond acceptors (Lipinski definition) is 7. The summed E-state index contributed by atoms with van der Waals surface area (Å²) >= 11 is 1.51. The molecule has 0 aliphatic rings. The molecule has 29 heavy (non-hydrogen) atoms. The van der Waals surface area contributed by atoms with E-state index in [1.54, 1.807) is 6.07 Å². The maximum absolute atomic E-state index is 12.5. The Hall–Kier alpha value is -2.91. The minimum absolute atomic E-state index is 0.217. The molecule has 0 saturated carbocycles. The van der Waals surface area contributed by atoms with Crippen LogP contribution in [0.15, 0.2) is 30.5 Å². The van der Waals surface area contributed by atoms with Crippen LogP contribution in [0.2, 0.25) is 0 Å². The van der Waals surface area contributed by atoms with Gasteiger partial charge in [0.1, 0.15) is 17.4 Å². The zero-order chi connectivity index (χ0) is 20.5. The number of fused-ring (bicyclic) bond motifs is 2. The predicted octanol–water partition coefficient (Wildman–Crippen LogP) is 4.46. The van der Waals surface area contributed by atoms with E-state index in [2.05, 4.69) is 14.7 Å². The van der Waals surface area contributed by atoms with Gasteiger partial charge in [-0.15, -0.1) is 11.3 Å². The second-order valence-corrected chi connectivity index (χ2v) is 7.54. The van der Waals surface area contributed by atoms with Crippen molar-refractivity contribution in [1.82, 2.24) is 15.0 Å². The number of alkyl halides is 2. The number of aryl methyl sites for hydroxylation is 2. The molecule has 2 aromatic heterocycles. The molecule has 4 rings (SSSR count). The smallest absolute Gasteiger partial charge is 0.388 e. The van der Waals surface area contributed by atoms with Crippen LogP contribution in [-0.4, -0.2) is 34.7 Å². The number of rotatable bonds is 6. The molecule has 0 aliphatic carbocycles. The summed E-state index contributed by atoms with van der Waals surface area (Å²) in [4.78, 5) is 13.3. The maximum Gasteiger partial charge on any atom is 0.388 e. The number of halogens is 2. The minimum atomic E-state index is -2.95. The van der Waals surface area contributed by atoms with E-state index in [9.17, 15) is 8.78 Å². The molecule has 0 fully saturated rings. The first-order valence-corrected chi connectivity index (χ1v) is 9.73. The molecule has 0 bridgehead atoms. The topological polar surface area (TPSA) is 83.2 Å². The Morgan fingerprint density at radius 2 is 1.93 bits per heavy atom. The van der Waals surface area contributed by atoms with Gasteiger partial charge in [-0.3, -0.25) is 0 Å². The molecule has 2 aromatic carbocycles. The van der Waals surface area contributed by atoms with Gasteiger partial charge in [-0.2, -0.15) is 8.78 Å². The Bertz CT molecular complexity index is 1200. The van der Waals surface area contributed by atoms with Crippen molar-refractivity contribution in [1.29, 1.82) is 0 Å². The fraction of sp³-hybridized carbons (Fsp3) is 0.250. The second-order valence-electron chi connectivity index (χ2n) is 6.51. The normalized spacial score (nSPS) is 11.5. The van der Waals surface area contributed by atoms with Crippen LogP contribution < -0.4 is 15.2 Å². The lowest BCUT2D eigenvalue weighted by Crippen LogP contribution is -2.10. The van der Waals surface area contributed by atoms with E-state index < -0.39 is 6.61 Å². The van der Waals surface area contributed by atoms with Crippen LogP contribution in [0.1, 0.15) is 11.1 Å². The average Bonchev–Trinajstić information content (AvgIpc) is 3.09. The maximum atomic E-state index is 12.5. The van der Waals surface area contributed by atoms with E-state index in [-0.39, 0.29) is 5.88 Å². The summed E-state index contributed by atoms with van der Waals surface area (Å²) in [5.41, 5.74) is 10.1. The van der Waals surface area contributed by atoms with Crippen molar-refractivity contribution >= 4 is 32.6 Å². The van der Waals surface area contributed by atoms with E-state index in [0.717, 1.165) is 37.7 Å². The van der Waals surface area contributed by atoms with Crippen LogP contribution in [0.4, 0.5) is 8.78 Å². The summed E-state index contributed by atoms with van der Waals surface area (Å²) in [7, 11) is 0. The summed E-state index contributed by atoms with van der Waals surface area (Å²) < 4.78 is 36.0. The quantitative estimate of drug-likeness (QED) is 0.500. The second kappa shape index (κ2) is 7.84. The van der Waals surface area contributed by atoms with Crippen molar-refractivity contribution in [2.24, 2.45) is 5.73 Å². The van der Waals surface area contributed by atoms with Gasteiger partial charge in [-0.05, 0) is 49.2 Å². The van der Waals surface area contributed by atoms with Crippen LogP contribution in [0, 0.1) is 13.8 Å². The highest BCUT2D eigenvalue weighted by atomic mass is 32.1. The number of ether oxygens (including phenoxy) is 2. The summed E-state index contributed by atoms with van der Waals surface area (Å²) in [5, 5.41) is 0.768. The third-order valence-electron chi connectivity index (χ3n) is 4.25. The Labute approximate surface area is 169 Å². The highest BCUT2D eigenvalue weighted by molar-refractivity contribution is 7.21. The van der Waals surface area contributed by atoms with Crippen molar-refractivity contribution < 1.29 is 18.3 Å². The Morgan fingerprint density at radius 1 is 1.10 bits per heavy atom. The summed E-state index contributed by atoms with van der Waals surface area (Å²) in [6, 6.07) is 7.62. The van der Waals surface area contributed by atoms with Gasteiger partial charge in [-0.1, -0.05) is 0 Å². The lowest BCUT2D eigenvalue weighted by Gasteiger charge is -2.07. The van der Waals surface area contributed by atoms with Crippen molar-refractivity contribution in [2.75, 3.05) is 13.2 Å². The monoisotopic (exact) mass is 416 g/mol. The van der Waals surface area contributed by atoms with Gasteiger partial charge in [0.2, 0.25) is 5.88 Å². The van der Waals surface area contributed by atoms with Crippen LogP contribution in [0.5, 0.6) is 11.6 Å². The number of aromatic nitrogens is 3. The predicted molar refractivity (Wildman–Crippen MR) is 109 cm³/mol. The Kier molecular flexibility index (Phi) is 5.25. The molecule has 9 heteroatoms. The van der Waals surface area contributed by atoms with Crippen LogP contribution in [0.3, 0.4) is 0 Å². The summed E-state index contributed by atoms with van der Waals surface area (Å²) in [6.07, 6.45) is 1.20. The SMILES string of the molecule is Cc1cc(-c2nc3c(C)cc(OCCN)cc3s2)c2ncc(OC(F)F)nc2c1. The number of nitrogens with two attached hydrogens (primary N) is 1. The fourth-order valence-corrected chi connectivity index (χ4v) is 4.19. The molecular formula is C20H18F2N4O2S. The first-order chi connectivity index (χ1) is 13.9. The van der Waals surface area contributed by atoms with Gasteiger partial charge >= 0.3 is 6.61 Å². The Balaban J connectivity index is 1.83. The van der Waals surface area contributed by atoms with E-state index in [4.69, 9.17) is 15.5 Å². The first kappa shape index (κ1) is 19.4. The summed E-state index contributed by atoms with van der Waals surface area (Å²) in [5.74, 6) is 0.532. The number of thiazole rings is 1. The van der Waals surface area contributed by atoms with E-state index in [1.807, 2.05) is 32.0 Å². The molecule has 0 atom stereocenters. The van der Waals surface area contributed by atoms with Gasteiger partial charge in [0.05, 0.1) is 27.4 Å². The van der Waals surface area contributed by atoms with Gasteiger partial charge in [0.15, 0.2) is 0 Å². The lowest BCUT2D eigenvalue weighted by molar-refractivity contribution is -0.0528. The molecule has 0 radical (unpaired) electrons. The lowest BCUT2D eigenvalue weighted by atomic mass is 10.1. The van der Waals surface area contributed by atoms with Gasteiger partial charge < -0.3 is 15.2 Å². The van der Waals surface area contributed by atoms with Crippen LogP contribution in [-0.2, 0) is 0 Å². The Morgan fingerprint density at radius 3 is 2.69 bits per heavy atom. The zero-order valence-corrected chi connectivity index (χ0v) is 16.6. The van der Waals surface area contributed by atoms with Gasteiger partial charge in [0.25, 0.3) is 0 Å². The molecule has 6 nitrogen and oxygen atoms in total. The third kappa shape index (κ3) is 3.96. The first-order valence-electron chi connectivity index (χ1n) is 8.91. The molecule has 150 valence electrons. The average molecular weight is 416 g/mol. The van der Waals surface area contributed by atoms with Crippen molar-refractivity contribution in [3.63, 3.8) is 0 Å². The molecule has 0 aliphatic heterocycles. The highest BCUT2D eigenvalue weighted by Gasteiger charge is 2.16. The van der Waals surface area contributed by atoms with E-state index >= 15 is 0 Å². The van der Waals surface area contributed by atoms with E-state index in [1.165, 1.54) is 17.5 Å². The molecule has 0 unspecified atom stereocenters. The van der Waals surface area contributed by atoms with Crippen LogP contribution in [0.25, 0.3) is 31.8 Å². The summed E-state index contributed by atoms with van der Waals surface area (Å²) in [6.45, 7) is 1.81. The molecule has 0 saturated heterocycles. The molecule has 2 heterocycles. The van der Waals surface area contributed by atoms with Crippen molar-refractivity contribution in [3.05, 3.63) is 41.6 Å². The van der Waals surface area contributed by atoms with Crippen LogP contribution >= 0.6 is 11.3 Å². The van der Waals surface area contributed by atoms with Gasteiger partial charge in [-0.25, -0.2) is 15.0 Å². The molecule has 2 N–H and O–H groups in total. The van der Waals surface area contributed by atoms with Crippen molar-refractivity contribution in [3.8, 4) is 22.2 Å². The molecule has 0 spiro atoms. The van der Waals surface area contributed by atoms with E-state index in [0.29, 0.717) is 24.2 Å². The zero-order valence-electron chi connectivity index (χ0n) is 15.8. The molecule has 0 amide bonds. The molecular weight excluding hydrogens is 398 g/mol. The highest BCUT2D eigenvalue weighted by Crippen LogP contribution is 2.37. The standard InChI is InChI=1S/C20H18F2N4O2S/c1-10-5-13(18-14(6-10)25-16(9-24-18)28-20(21)22)19-26-17-11(2)7-12(27-4-3-23)8-15(17)29-19/h5-9,20H,3-4,23H2,1-2H3. The molecule has 4 aromatic rings. The number of hydrogen-bond donors (Lipinski definition) is 1. The minimum Gasteiger partial charge on any atom is -0.492 e. The fourth-order valence-electron chi connectivity index (χ4n) is 3.10. The third-order valence-corrected chi connectivity index (χ3v) is 5.29.